The fourth-order valence-corrected chi connectivity index (χ4v) is 2.22. The lowest BCUT2D eigenvalue weighted by molar-refractivity contribution is 0.312. The molecule has 0 aliphatic rings. The highest BCUT2D eigenvalue weighted by molar-refractivity contribution is 7.89. The number of hydrogen-bond donors (Lipinski definition) is 0. The molecule has 0 atom stereocenters. The summed E-state index contributed by atoms with van der Waals surface area (Å²) in [6, 6.07) is 9.28. The van der Waals surface area contributed by atoms with Crippen molar-refractivity contribution >= 4 is 16.2 Å². The monoisotopic (exact) mass is 268 g/mol. The maximum atomic E-state index is 11.5. The first kappa shape index (κ1) is 14.9. The average Bonchev–Trinajstić information content (AvgIpc) is 2.38. The molecule has 0 bridgehead atoms. The van der Waals surface area contributed by atoms with Gasteiger partial charge in [0.15, 0.2) is 0 Å². The van der Waals surface area contributed by atoms with E-state index >= 15 is 0 Å². The topological polar surface area (TPSA) is 43.4 Å². The molecule has 3 nitrogen and oxygen atoms in total. The van der Waals surface area contributed by atoms with Gasteiger partial charge in [0.25, 0.3) is 10.1 Å². The van der Waals surface area contributed by atoms with E-state index in [2.05, 4.69) is 6.92 Å². The molecule has 0 aliphatic carbocycles. The average molecular weight is 268 g/mol. The van der Waals surface area contributed by atoms with Crippen LogP contribution in [-0.4, -0.2) is 15.0 Å². The SMILES string of the molecule is CCCCCCOS(=O)(=O)C=Cc1ccccc1. The number of benzene rings is 1. The van der Waals surface area contributed by atoms with Crippen molar-refractivity contribution in [3.8, 4) is 0 Å². The Morgan fingerprint density at radius 2 is 1.83 bits per heavy atom. The molecule has 1 rings (SSSR count). The van der Waals surface area contributed by atoms with E-state index in [1.807, 2.05) is 30.3 Å². The summed E-state index contributed by atoms with van der Waals surface area (Å²) < 4.78 is 27.9. The zero-order chi connectivity index (χ0) is 13.3. The second-order valence-electron chi connectivity index (χ2n) is 4.09. The second-order valence-corrected chi connectivity index (χ2v) is 5.58. The molecule has 0 saturated heterocycles. The first-order valence-electron chi connectivity index (χ1n) is 6.26. The third-order valence-corrected chi connectivity index (χ3v) is 3.44. The van der Waals surface area contributed by atoms with Gasteiger partial charge in [0.05, 0.1) is 12.0 Å². The van der Waals surface area contributed by atoms with Gasteiger partial charge in [-0.25, -0.2) is 0 Å². The van der Waals surface area contributed by atoms with Gasteiger partial charge in [-0.3, -0.25) is 4.18 Å². The lowest BCUT2D eigenvalue weighted by Gasteiger charge is -2.01. The molecule has 18 heavy (non-hydrogen) atoms. The summed E-state index contributed by atoms with van der Waals surface area (Å²) in [4.78, 5) is 0. The van der Waals surface area contributed by atoms with Gasteiger partial charge >= 0.3 is 0 Å². The summed E-state index contributed by atoms with van der Waals surface area (Å²) in [5, 5.41) is 1.11. The van der Waals surface area contributed by atoms with Crippen molar-refractivity contribution in [1.82, 2.24) is 0 Å². The van der Waals surface area contributed by atoms with Crippen molar-refractivity contribution in [3.63, 3.8) is 0 Å². The van der Waals surface area contributed by atoms with Crippen molar-refractivity contribution in [2.75, 3.05) is 6.61 Å². The third-order valence-electron chi connectivity index (χ3n) is 2.47. The Hall–Kier alpha value is -1.13. The molecule has 100 valence electrons. The van der Waals surface area contributed by atoms with Crippen LogP contribution in [0.25, 0.3) is 6.08 Å². The molecule has 0 spiro atoms. The number of unbranched alkanes of at least 4 members (excludes halogenated alkanes) is 3. The van der Waals surface area contributed by atoms with Gasteiger partial charge in [-0.2, -0.15) is 8.42 Å². The van der Waals surface area contributed by atoms with Crippen LogP contribution in [0.5, 0.6) is 0 Å². The molecule has 0 heterocycles. The van der Waals surface area contributed by atoms with Crippen molar-refractivity contribution in [2.24, 2.45) is 0 Å². The van der Waals surface area contributed by atoms with Gasteiger partial charge in [-0.05, 0) is 18.1 Å². The Morgan fingerprint density at radius 1 is 1.11 bits per heavy atom. The van der Waals surface area contributed by atoms with Gasteiger partial charge in [0.1, 0.15) is 0 Å². The van der Waals surface area contributed by atoms with Crippen LogP contribution in [0.1, 0.15) is 38.2 Å². The zero-order valence-electron chi connectivity index (χ0n) is 10.7. The highest BCUT2D eigenvalue weighted by Crippen LogP contribution is 2.06. The fourth-order valence-electron chi connectivity index (χ4n) is 1.47. The Kier molecular flexibility index (Phi) is 6.68. The molecule has 0 saturated carbocycles. The Morgan fingerprint density at radius 3 is 2.50 bits per heavy atom. The molecule has 0 N–H and O–H groups in total. The summed E-state index contributed by atoms with van der Waals surface area (Å²) >= 11 is 0. The highest BCUT2D eigenvalue weighted by atomic mass is 32.2. The Labute approximate surface area is 110 Å². The predicted octanol–water partition coefficient (Wildman–Crippen LogP) is 3.58. The molecule has 4 heteroatoms. The van der Waals surface area contributed by atoms with Crippen molar-refractivity contribution in [3.05, 3.63) is 41.3 Å². The molecule has 0 fully saturated rings. The largest absolute Gasteiger partial charge is 0.290 e. The first-order valence-corrected chi connectivity index (χ1v) is 7.74. The lowest BCUT2D eigenvalue weighted by Crippen LogP contribution is -2.03. The van der Waals surface area contributed by atoms with Gasteiger partial charge in [0, 0.05) is 0 Å². The van der Waals surface area contributed by atoms with Gasteiger partial charge in [0.2, 0.25) is 0 Å². The quantitative estimate of drug-likeness (QED) is 0.534. The molecule has 1 aromatic rings. The summed E-state index contributed by atoms with van der Waals surface area (Å²) in [6.45, 7) is 2.38. The predicted molar refractivity (Wildman–Crippen MR) is 74.5 cm³/mol. The molecule has 1 aromatic carbocycles. The van der Waals surface area contributed by atoms with Crippen LogP contribution in [0.2, 0.25) is 0 Å². The van der Waals surface area contributed by atoms with E-state index in [4.69, 9.17) is 4.18 Å². The van der Waals surface area contributed by atoms with Crippen LogP contribution in [0.15, 0.2) is 35.7 Å². The molecule has 0 aromatic heterocycles. The van der Waals surface area contributed by atoms with Crippen molar-refractivity contribution in [2.45, 2.75) is 32.6 Å². The molecule has 0 unspecified atom stereocenters. The summed E-state index contributed by atoms with van der Waals surface area (Å²) in [5.74, 6) is 0. The number of rotatable bonds is 8. The van der Waals surface area contributed by atoms with E-state index in [1.54, 1.807) is 6.08 Å². The molecular weight excluding hydrogens is 248 g/mol. The minimum absolute atomic E-state index is 0.265. The van der Waals surface area contributed by atoms with Gasteiger partial charge in [-0.15, -0.1) is 0 Å². The van der Waals surface area contributed by atoms with E-state index in [0.717, 1.165) is 36.7 Å². The van der Waals surface area contributed by atoms with Crippen LogP contribution < -0.4 is 0 Å². The van der Waals surface area contributed by atoms with Crippen LogP contribution >= 0.6 is 0 Å². The second kappa shape index (κ2) is 8.06. The van der Waals surface area contributed by atoms with E-state index in [1.165, 1.54) is 0 Å². The standard InChI is InChI=1S/C14H20O3S/c1-2-3-4-8-12-17-18(15,16)13-11-14-9-6-5-7-10-14/h5-7,9-11,13H,2-4,8,12H2,1H3. The summed E-state index contributed by atoms with van der Waals surface area (Å²) in [6.07, 6.45) is 5.58. The smallest absolute Gasteiger partial charge is 0.267 e. The van der Waals surface area contributed by atoms with Gasteiger partial charge in [-0.1, -0.05) is 56.5 Å². The van der Waals surface area contributed by atoms with E-state index < -0.39 is 10.1 Å². The molecule has 0 radical (unpaired) electrons. The van der Waals surface area contributed by atoms with Crippen molar-refractivity contribution in [1.29, 1.82) is 0 Å². The lowest BCUT2D eigenvalue weighted by atomic mass is 10.2. The first-order chi connectivity index (χ1) is 8.64. The Bertz CT molecular complexity index is 449. The van der Waals surface area contributed by atoms with E-state index in [0.29, 0.717) is 0 Å². The van der Waals surface area contributed by atoms with Gasteiger partial charge < -0.3 is 0 Å². The van der Waals surface area contributed by atoms with Crippen LogP contribution in [0.3, 0.4) is 0 Å². The molecule has 0 aliphatic heterocycles. The minimum Gasteiger partial charge on any atom is -0.267 e. The Balaban J connectivity index is 2.38. The van der Waals surface area contributed by atoms with Crippen molar-refractivity contribution < 1.29 is 12.6 Å². The summed E-state index contributed by atoms with van der Waals surface area (Å²) in [5.41, 5.74) is 0.843. The van der Waals surface area contributed by atoms with E-state index in [9.17, 15) is 8.42 Å². The highest BCUT2D eigenvalue weighted by Gasteiger charge is 2.05. The summed E-state index contributed by atoms with van der Waals surface area (Å²) in [7, 11) is -3.55. The third kappa shape index (κ3) is 6.57. The zero-order valence-corrected chi connectivity index (χ0v) is 11.5. The van der Waals surface area contributed by atoms with Crippen LogP contribution in [-0.2, 0) is 14.3 Å². The maximum Gasteiger partial charge on any atom is 0.290 e. The maximum absolute atomic E-state index is 11.5. The van der Waals surface area contributed by atoms with Crippen LogP contribution in [0, 0.1) is 0 Å². The minimum atomic E-state index is -3.55. The van der Waals surface area contributed by atoms with E-state index in [-0.39, 0.29) is 6.61 Å². The molecule has 0 amide bonds. The fraction of sp³-hybridized carbons (Fsp3) is 0.429. The number of hydrogen-bond acceptors (Lipinski definition) is 3. The molecular formula is C14H20O3S. The normalized spacial score (nSPS) is 12.1. The van der Waals surface area contributed by atoms with Crippen LogP contribution in [0.4, 0.5) is 0 Å².